The number of rotatable bonds is 3. The molecule has 2 aromatic rings. The lowest BCUT2D eigenvalue weighted by Crippen LogP contribution is -2.11. The summed E-state index contributed by atoms with van der Waals surface area (Å²) in [4.78, 5) is 1.13. The normalized spacial score (nSPS) is 12.5. The van der Waals surface area contributed by atoms with Crippen LogP contribution in [-0.4, -0.2) is 7.11 Å². The summed E-state index contributed by atoms with van der Waals surface area (Å²) in [6, 6.07) is 7.93. The Balaban J connectivity index is 2.36. The highest BCUT2D eigenvalue weighted by Gasteiger charge is 2.15. The van der Waals surface area contributed by atoms with Crippen molar-refractivity contribution in [1.82, 2.24) is 0 Å². The van der Waals surface area contributed by atoms with Gasteiger partial charge in [-0.05, 0) is 68.1 Å². The molecule has 0 radical (unpaired) electrons. The zero-order chi connectivity index (χ0) is 13.3. The molecule has 2 nitrogen and oxygen atoms in total. The molecule has 1 atom stereocenters. The molecule has 0 fully saturated rings. The van der Waals surface area contributed by atoms with Crippen LogP contribution < -0.4 is 10.5 Å². The van der Waals surface area contributed by atoms with Gasteiger partial charge in [0.2, 0.25) is 0 Å². The lowest BCUT2D eigenvalue weighted by Gasteiger charge is -2.14. The predicted octanol–water partition coefficient (Wildman–Crippen LogP) is 4.64. The van der Waals surface area contributed by atoms with Gasteiger partial charge in [-0.2, -0.15) is 0 Å². The number of aryl methyl sites for hydroxylation is 1. The van der Waals surface area contributed by atoms with Crippen molar-refractivity contribution < 1.29 is 4.74 Å². The van der Waals surface area contributed by atoms with Crippen LogP contribution in [0.5, 0.6) is 5.75 Å². The monoisotopic (exact) mass is 389 g/mol. The molecule has 1 aromatic carbocycles. The Kier molecular flexibility index (Phi) is 4.48. The zero-order valence-electron chi connectivity index (χ0n) is 10.0. The van der Waals surface area contributed by atoms with Crippen LogP contribution in [0.4, 0.5) is 0 Å². The van der Waals surface area contributed by atoms with Crippen LogP contribution in [0.15, 0.2) is 32.5 Å². The smallest absolute Gasteiger partial charge is 0.119 e. The summed E-state index contributed by atoms with van der Waals surface area (Å²) in [7, 11) is 1.67. The number of thiophene rings is 1. The standard InChI is InChI=1S/C13H13Br2NOS/c1-7-5-8(17-2)3-4-9(7)12(16)11-6-10(14)13(15)18-11/h3-6,12H,16H2,1-2H3. The number of hydrogen-bond acceptors (Lipinski definition) is 3. The van der Waals surface area contributed by atoms with Gasteiger partial charge in [0.05, 0.1) is 16.9 Å². The third-order valence-electron chi connectivity index (χ3n) is 2.78. The van der Waals surface area contributed by atoms with Crippen LogP contribution in [0, 0.1) is 6.92 Å². The minimum atomic E-state index is -0.108. The molecule has 1 heterocycles. The zero-order valence-corrected chi connectivity index (χ0v) is 14.0. The SMILES string of the molecule is COc1ccc(C(N)c2cc(Br)c(Br)s2)c(C)c1. The topological polar surface area (TPSA) is 35.2 Å². The third kappa shape index (κ3) is 2.79. The van der Waals surface area contributed by atoms with Gasteiger partial charge in [0.15, 0.2) is 0 Å². The van der Waals surface area contributed by atoms with Crippen molar-refractivity contribution in [2.24, 2.45) is 5.73 Å². The molecular weight excluding hydrogens is 378 g/mol. The first-order valence-corrected chi connectivity index (χ1v) is 7.78. The fourth-order valence-electron chi connectivity index (χ4n) is 1.79. The molecule has 18 heavy (non-hydrogen) atoms. The van der Waals surface area contributed by atoms with Crippen molar-refractivity contribution in [2.75, 3.05) is 7.11 Å². The van der Waals surface area contributed by atoms with E-state index in [2.05, 4.69) is 44.8 Å². The van der Waals surface area contributed by atoms with Gasteiger partial charge in [0.1, 0.15) is 5.75 Å². The fraction of sp³-hybridized carbons (Fsp3) is 0.231. The average molecular weight is 391 g/mol. The number of methoxy groups -OCH3 is 1. The molecule has 0 aliphatic rings. The highest BCUT2D eigenvalue weighted by atomic mass is 79.9. The van der Waals surface area contributed by atoms with Crippen LogP contribution in [0.25, 0.3) is 0 Å². The molecular formula is C13H13Br2NOS. The Hall–Kier alpha value is -0.360. The Morgan fingerprint density at radius 3 is 2.50 bits per heavy atom. The molecule has 0 saturated heterocycles. The van der Waals surface area contributed by atoms with Crippen molar-refractivity contribution in [3.8, 4) is 5.75 Å². The highest BCUT2D eigenvalue weighted by molar-refractivity contribution is 9.13. The van der Waals surface area contributed by atoms with Crippen molar-refractivity contribution >= 4 is 43.2 Å². The second-order valence-corrected chi connectivity index (χ2v) is 7.23. The first-order valence-electron chi connectivity index (χ1n) is 5.37. The summed E-state index contributed by atoms with van der Waals surface area (Å²) in [6.07, 6.45) is 0. The molecule has 1 unspecified atom stereocenters. The Morgan fingerprint density at radius 2 is 2.00 bits per heavy atom. The van der Waals surface area contributed by atoms with Gasteiger partial charge < -0.3 is 10.5 Å². The Bertz CT molecular complexity index is 549. The lowest BCUT2D eigenvalue weighted by molar-refractivity contribution is 0.414. The van der Waals surface area contributed by atoms with Gasteiger partial charge in [0, 0.05) is 9.35 Å². The van der Waals surface area contributed by atoms with Crippen molar-refractivity contribution in [1.29, 1.82) is 0 Å². The van der Waals surface area contributed by atoms with E-state index in [4.69, 9.17) is 10.5 Å². The summed E-state index contributed by atoms with van der Waals surface area (Å²) >= 11 is 8.63. The van der Waals surface area contributed by atoms with Gasteiger partial charge >= 0.3 is 0 Å². The Labute approximate surface area is 127 Å². The van der Waals surface area contributed by atoms with Crippen molar-refractivity contribution in [2.45, 2.75) is 13.0 Å². The minimum absolute atomic E-state index is 0.108. The van der Waals surface area contributed by atoms with Crippen LogP contribution in [-0.2, 0) is 0 Å². The molecule has 1 aromatic heterocycles. The van der Waals surface area contributed by atoms with E-state index in [-0.39, 0.29) is 6.04 Å². The van der Waals surface area contributed by atoms with E-state index in [1.165, 1.54) is 0 Å². The van der Waals surface area contributed by atoms with Crippen molar-refractivity contribution in [3.05, 3.63) is 48.5 Å². The fourth-order valence-corrected chi connectivity index (χ4v) is 3.90. The van der Waals surface area contributed by atoms with Gasteiger partial charge in [0.25, 0.3) is 0 Å². The largest absolute Gasteiger partial charge is 0.497 e. The molecule has 96 valence electrons. The van der Waals surface area contributed by atoms with E-state index < -0.39 is 0 Å². The number of halogens is 2. The van der Waals surface area contributed by atoms with E-state index in [1.807, 2.05) is 18.2 Å². The minimum Gasteiger partial charge on any atom is -0.497 e. The summed E-state index contributed by atoms with van der Waals surface area (Å²) in [5, 5.41) is 0. The number of nitrogens with two attached hydrogens (primary N) is 1. The maximum Gasteiger partial charge on any atom is 0.119 e. The maximum absolute atomic E-state index is 6.32. The van der Waals surface area contributed by atoms with Crippen LogP contribution >= 0.6 is 43.2 Å². The summed E-state index contributed by atoms with van der Waals surface area (Å²) < 4.78 is 7.32. The second-order valence-electron chi connectivity index (χ2n) is 3.97. The molecule has 0 saturated carbocycles. The third-order valence-corrected chi connectivity index (χ3v) is 6.12. The van der Waals surface area contributed by atoms with E-state index in [0.717, 1.165) is 30.0 Å². The molecule has 5 heteroatoms. The van der Waals surface area contributed by atoms with Crippen LogP contribution in [0.2, 0.25) is 0 Å². The predicted molar refractivity (Wildman–Crippen MR) is 83.5 cm³/mol. The molecule has 2 rings (SSSR count). The van der Waals surface area contributed by atoms with E-state index in [0.29, 0.717) is 0 Å². The van der Waals surface area contributed by atoms with Crippen LogP contribution in [0.3, 0.4) is 0 Å². The lowest BCUT2D eigenvalue weighted by atomic mass is 10.0. The van der Waals surface area contributed by atoms with Crippen molar-refractivity contribution in [3.63, 3.8) is 0 Å². The molecule has 0 spiro atoms. The van der Waals surface area contributed by atoms with E-state index in [1.54, 1.807) is 18.4 Å². The van der Waals surface area contributed by atoms with Gasteiger partial charge in [-0.15, -0.1) is 11.3 Å². The quantitative estimate of drug-likeness (QED) is 0.828. The average Bonchev–Trinajstić information content (AvgIpc) is 2.68. The first-order chi connectivity index (χ1) is 8.52. The number of hydrogen-bond donors (Lipinski definition) is 1. The van der Waals surface area contributed by atoms with Gasteiger partial charge in [-0.1, -0.05) is 6.07 Å². The maximum atomic E-state index is 6.32. The molecule has 2 N–H and O–H groups in total. The van der Waals surface area contributed by atoms with Gasteiger partial charge in [-0.3, -0.25) is 0 Å². The Morgan fingerprint density at radius 1 is 1.28 bits per heavy atom. The summed E-state index contributed by atoms with van der Waals surface area (Å²) in [5.41, 5.74) is 8.58. The molecule has 0 aliphatic carbocycles. The first kappa shape index (κ1) is 14.1. The van der Waals surface area contributed by atoms with E-state index in [9.17, 15) is 0 Å². The molecule has 0 bridgehead atoms. The second kappa shape index (κ2) is 5.74. The highest BCUT2D eigenvalue weighted by Crippen LogP contribution is 2.37. The number of benzene rings is 1. The molecule has 0 aliphatic heterocycles. The summed E-state index contributed by atoms with van der Waals surface area (Å²) in [5.74, 6) is 0.858. The van der Waals surface area contributed by atoms with Gasteiger partial charge in [-0.25, -0.2) is 0 Å². The molecule has 0 amide bonds. The number of ether oxygens (including phenoxy) is 1. The van der Waals surface area contributed by atoms with E-state index >= 15 is 0 Å². The van der Waals surface area contributed by atoms with Crippen LogP contribution in [0.1, 0.15) is 22.0 Å². The summed E-state index contributed by atoms with van der Waals surface area (Å²) in [6.45, 7) is 2.05.